The molecule has 0 aromatic carbocycles. The SMILES string of the molecule is c1cc([C]2CC2)no1. The maximum Gasteiger partial charge on any atom is 0.124 e. The topological polar surface area (TPSA) is 26.0 Å². The largest absolute Gasteiger partial charge is 0.364 e. The zero-order valence-corrected chi connectivity index (χ0v) is 4.42. The summed E-state index contributed by atoms with van der Waals surface area (Å²) in [5.41, 5.74) is 1.05. The van der Waals surface area contributed by atoms with Crippen molar-refractivity contribution < 1.29 is 4.52 Å². The molecule has 0 saturated heterocycles. The fraction of sp³-hybridized carbons (Fsp3) is 0.333. The molecule has 2 heteroatoms. The van der Waals surface area contributed by atoms with E-state index >= 15 is 0 Å². The zero-order valence-electron chi connectivity index (χ0n) is 4.42. The van der Waals surface area contributed by atoms with Crippen LogP contribution in [0, 0.1) is 5.92 Å². The van der Waals surface area contributed by atoms with Gasteiger partial charge in [-0.2, -0.15) is 0 Å². The molecule has 2 rings (SSSR count). The third-order valence-corrected chi connectivity index (χ3v) is 1.30. The molecule has 1 aromatic rings. The van der Waals surface area contributed by atoms with Crippen molar-refractivity contribution in [3.63, 3.8) is 0 Å². The fourth-order valence-corrected chi connectivity index (χ4v) is 0.714. The van der Waals surface area contributed by atoms with Crippen molar-refractivity contribution >= 4 is 0 Å². The molecule has 1 heterocycles. The summed E-state index contributed by atoms with van der Waals surface area (Å²) in [4.78, 5) is 0. The summed E-state index contributed by atoms with van der Waals surface area (Å²) < 4.78 is 4.64. The maximum atomic E-state index is 4.64. The van der Waals surface area contributed by atoms with Gasteiger partial charge in [0.2, 0.25) is 0 Å². The van der Waals surface area contributed by atoms with Crippen molar-refractivity contribution in [1.29, 1.82) is 0 Å². The van der Waals surface area contributed by atoms with Crippen molar-refractivity contribution in [3.05, 3.63) is 23.9 Å². The Morgan fingerprint density at radius 2 is 2.38 bits per heavy atom. The average Bonchev–Trinajstić information content (AvgIpc) is 2.49. The van der Waals surface area contributed by atoms with E-state index < -0.39 is 0 Å². The Kier molecular flexibility index (Phi) is 0.692. The summed E-state index contributed by atoms with van der Waals surface area (Å²) in [6.45, 7) is 0. The first-order valence-corrected chi connectivity index (χ1v) is 2.72. The summed E-state index contributed by atoms with van der Waals surface area (Å²) in [6, 6.07) is 1.91. The molecule has 41 valence electrons. The van der Waals surface area contributed by atoms with Gasteiger partial charge in [-0.1, -0.05) is 5.16 Å². The quantitative estimate of drug-likeness (QED) is 0.543. The first-order valence-electron chi connectivity index (χ1n) is 2.72. The van der Waals surface area contributed by atoms with Gasteiger partial charge in [0.05, 0.1) is 5.69 Å². The molecule has 0 aliphatic heterocycles. The van der Waals surface area contributed by atoms with Crippen molar-refractivity contribution in [1.82, 2.24) is 5.16 Å². The normalized spacial score (nSPS) is 19.0. The Morgan fingerprint density at radius 3 is 2.88 bits per heavy atom. The van der Waals surface area contributed by atoms with Gasteiger partial charge in [-0.25, -0.2) is 0 Å². The van der Waals surface area contributed by atoms with E-state index in [0.717, 1.165) is 5.69 Å². The van der Waals surface area contributed by atoms with E-state index in [4.69, 9.17) is 0 Å². The molecule has 0 atom stereocenters. The third-order valence-electron chi connectivity index (χ3n) is 1.30. The number of hydrogen-bond acceptors (Lipinski definition) is 2. The smallest absolute Gasteiger partial charge is 0.124 e. The van der Waals surface area contributed by atoms with Crippen molar-refractivity contribution in [3.8, 4) is 0 Å². The van der Waals surface area contributed by atoms with Gasteiger partial charge in [0.25, 0.3) is 0 Å². The van der Waals surface area contributed by atoms with Crippen molar-refractivity contribution in [2.75, 3.05) is 0 Å². The number of aromatic nitrogens is 1. The molecule has 0 amide bonds. The molecule has 1 aromatic heterocycles. The van der Waals surface area contributed by atoms with Crippen LogP contribution in [-0.2, 0) is 0 Å². The number of nitrogens with zero attached hydrogens (tertiary/aromatic N) is 1. The van der Waals surface area contributed by atoms with E-state index in [-0.39, 0.29) is 0 Å². The lowest BCUT2D eigenvalue weighted by Gasteiger charge is -1.77. The van der Waals surface area contributed by atoms with Crippen molar-refractivity contribution in [2.45, 2.75) is 12.8 Å². The summed E-state index contributed by atoms with van der Waals surface area (Å²) in [5, 5.41) is 3.77. The van der Waals surface area contributed by atoms with Crippen LogP contribution in [0.25, 0.3) is 0 Å². The zero-order chi connectivity index (χ0) is 5.40. The van der Waals surface area contributed by atoms with Crippen LogP contribution < -0.4 is 0 Å². The van der Waals surface area contributed by atoms with Crippen LogP contribution in [0.5, 0.6) is 0 Å². The molecular weight excluding hydrogens is 102 g/mol. The van der Waals surface area contributed by atoms with E-state index in [9.17, 15) is 0 Å². The monoisotopic (exact) mass is 108 g/mol. The highest BCUT2D eigenvalue weighted by Crippen LogP contribution is 2.37. The van der Waals surface area contributed by atoms with E-state index in [0.29, 0.717) is 0 Å². The highest BCUT2D eigenvalue weighted by atomic mass is 16.5. The van der Waals surface area contributed by atoms with Gasteiger partial charge in [0.1, 0.15) is 6.26 Å². The van der Waals surface area contributed by atoms with E-state index in [2.05, 4.69) is 9.68 Å². The molecule has 1 fully saturated rings. The fourth-order valence-electron chi connectivity index (χ4n) is 0.714. The van der Waals surface area contributed by atoms with Gasteiger partial charge < -0.3 is 4.52 Å². The number of rotatable bonds is 1. The average molecular weight is 108 g/mol. The van der Waals surface area contributed by atoms with Gasteiger partial charge in [-0.15, -0.1) is 0 Å². The van der Waals surface area contributed by atoms with Gasteiger partial charge in [0.15, 0.2) is 0 Å². The first-order chi connectivity index (χ1) is 3.97. The van der Waals surface area contributed by atoms with E-state index in [1.807, 2.05) is 6.07 Å². The lowest BCUT2D eigenvalue weighted by Crippen LogP contribution is -1.74. The Hall–Kier alpha value is -0.790. The van der Waals surface area contributed by atoms with Crippen LogP contribution >= 0.6 is 0 Å². The minimum Gasteiger partial charge on any atom is -0.364 e. The molecule has 0 spiro atoms. The highest BCUT2D eigenvalue weighted by molar-refractivity contribution is 5.28. The predicted octanol–water partition coefficient (Wildman–Crippen LogP) is 1.39. The molecule has 1 saturated carbocycles. The lowest BCUT2D eigenvalue weighted by molar-refractivity contribution is 0.415. The molecule has 1 aliphatic carbocycles. The molecule has 0 unspecified atom stereocenters. The predicted molar refractivity (Wildman–Crippen MR) is 28.1 cm³/mol. The van der Waals surface area contributed by atoms with Crippen LogP contribution in [0.15, 0.2) is 16.9 Å². The molecule has 0 bridgehead atoms. The minimum absolute atomic E-state index is 1.05. The van der Waals surface area contributed by atoms with E-state index in [1.54, 1.807) is 6.26 Å². The molecule has 1 radical (unpaired) electrons. The third kappa shape index (κ3) is 0.529. The Bertz CT molecular complexity index is 165. The van der Waals surface area contributed by atoms with Crippen LogP contribution in [-0.4, -0.2) is 5.16 Å². The van der Waals surface area contributed by atoms with Crippen LogP contribution in [0.2, 0.25) is 0 Å². The Labute approximate surface area is 47.5 Å². The van der Waals surface area contributed by atoms with Crippen LogP contribution in [0.1, 0.15) is 18.5 Å². The summed E-state index contributed by atoms with van der Waals surface area (Å²) in [6.07, 6.45) is 4.04. The second-order valence-corrected chi connectivity index (χ2v) is 1.99. The molecular formula is C6H6NO. The van der Waals surface area contributed by atoms with Gasteiger partial charge in [0, 0.05) is 12.0 Å². The molecule has 1 aliphatic rings. The van der Waals surface area contributed by atoms with Crippen LogP contribution in [0.4, 0.5) is 0 Å². The standard InChI is InChI=1S/C6H6NO/c1-2-5(1)6-3-4-8-7-6/h3-4H,1-2H2. The highest BCUT2D eigenvalue weighted by Gasteiger charge is 2.26. The maximum absolute atomic E-state index is 4.64. The summed E-state index contributed by atoms with van der Waals surface area (Å²) in [5.74, 6) is 1.43. The van der Waals surface area contributed by atoms with Crippen LogP contribution in [0.3, 0.4) is 0 Å². The second-order valence-electron chi connectivity index (χ2n) is 1.99. The van der Waals surface area contributed by atoms with Gasteiger partial charge >= 0.3 is 0 Å². The molecule has 2 nitrogen and oxygen atoms in total. The molecule has 0 N–H and O–H groups in total. The van der Waals surface area contributed by atoms with Gasteiger partial charge in [-0.3, -0.25) is 0 Å². The second kappa shape index (κ2) is 1.34. The van der Waals surface area contributed by atoms with Gasteiger partial charge in [-0.05, 0) is 12.8 Å². The summed E-state index contributed by atoms with van der Waals surface area (Å²) in [7, 11) is 0. The first kappa shape index (κ1) is 4.13. The Morgan fingerprint density at radius 1 is 1.50 bits per heavy atom. The van der Waals surface area contributed by atoms with Crippen molar-refractivity contribution in [2.24, 2.45) is 0 Å². The molecule has 8 heavy (non-hydrogen) atoms. The lowest BCUT2D eigenvalue weighted by atomic mass is 10.3. The Balaban J connectivity index is 2.28. The van der Waals surface area contributed by atoms with E-state index in [1.165, 1.54) is 18.8 Å². The summed E-state index contributed by atoms with van der Waals surface area (Å²) >= 11 is 0. The minimum atomic E-state index is 1.05. The number of hydrogen-bond donors (Lipinski definition) is 0.